The highest BCUT2D eigenvalue weighted by Crippen LogP contribution is 2.31. The molecule has 1 aliphatic heterocycles. The third-order valence-corrected chi connectivity index (χ3v) is 3.77. The number of hydrogen-bond donors (Lipinski definition) is 1. The van der Waals surface area contributed by atoms with Gasteiger partial charge in [-0.15, -0.1) is 0 Å². The van der Waals surface area contributed by atoms with Gasteiger partial charge in [-0.25, -0.2) is 4.98 Å². The summed E-state index contributed by atoms with van der Waals surface area (Å²) in [6, 6.07) is 2.10. The number of pyridine rings is 1. The zero-order chi connectivity index (χ0) is 12.5. The van der Waals surface area contributed by atoms with Crippen molar-refractivity contribution in [2.75, 3.05) is 13.7 Å². The number of aryl methyl sites for hydroxylation is 1. The van der Waals surface area contributed by atoms with E-state index in [1.54, 1.807) is 13.3 Å². The number of ether oxygens (including phenoxy) is 1. The average molecular weight is 245 g/mol. The Bertz CT molecular complexity index is 574. The highest BCUT2D eigenvalue weighted by Gasteiger charge is 2.20. The molecule has 0 radical (unpaired) electrons. The third-order valence-electron chi connectivity index (χ3n) is 3.77. The summed E-state index contributed by atoms with van der Waals surface area (Å²) in [5.41, 5.74) is 9.65. The molecule has 0 spiro atoms. The lowest BCUT2D eigenvalue weighted by atomic mass is 10.0. The van der Waals surface area contributed by atoms with Crippen LogP contribution in [0, 0.1) is 0 Å². The molecule has 2 aromatic rings. The molecule has 0 aromatic carbocycles. The number of nitrogens with two attached hydrogens (primary N) is 1. The molecule has 2 aromatic heterocycles. The first-order chi connectivity index (χ1) is 8.85. The minimum Gasteiger partial charge on any atom is -0.495 e. The zero-order valence-electron chi connectivity index (χ0n) is 10.8. The number of rotatable bonds is 3. The normalized spacial score (nSPS) is 14.8. The van der Waals surface area contributed by atoms with Crippen molar-refractivity contribution >= 4 is 11.0 Å². The van der Waals surface area contributed by atoms with Crippen molar-refractivity contribution in [3.63, 3.8) is 0 Å². The van der Waals surface area contributed by atoms with Gasteiger partial charge in [-0.1, -0.05) is 0 Å². The van der Waals surface area contributed by atoms with Gasteiger partial charge in [-0.2, -0.15) is 0 Å². The molecule has 0 saturated carbocycles. The molecule has 2 N–H and O–H groups in total. The van der Waals surface area contributed by atoms with Gasteiger partial charge in [0, 0.05) is 17.6 Å². The fourth-order valence-corrected chi connectivity index (χ4v) is 2.95. The van der Waals surface area contributed by atoms with Crippen LogP contribution in [0.1, 0.15) is 24.1 Å². The summed E-state index contributed by atoms with van der Waals surface area (Å²) in [6.45, 7) is 1.76. The Hall–Kier alpha value is -1.55. The molecular weight excluding hydrogens is 226 g/mol. The molecule has 3 heterocycles. The summed E-state index contributed by atoms with van der Waals surface area (Å²) < 4.78 is 7.65. The van der Waals surface area contributed by atoms with Crippen molar-refractivity contribution in [1.29, 1.82) is 0 Å². The minimum atomic E-state index is 0.684. The molecule has 0 saturated heterocycles. The molecule has 0 bridgehead atoms. The summed E-state index contributed by atoms with van der Waals surface area (Å²) >= 11 is 0. The summed E-state index contributed by atoms with van der Waals surface area (Å²) in [5.74, 6) is 0.823. The number of nitrogens with zero attached hydrogens (tertiary/aromatic N) is 2. The standard InChI is InChI=1S/C14H19N3O/c1-18-10-8-12-11(5-6-15)13-4-2-3-7-17(13)14(12)16-9-10/h8-9H,2-7,15H2,1H3. The number of fused-ring (bicyclic) bond motifs is 3. The lowest BCUT2D eigenvalue weighted by molar-refractivity contribution is 0.413. The van der Waals surface area contributed by atoms with E-state index in [2.05, 4.69) is 15.6 Å². The predicted molar refractivity (Wildman–Crippen MR) is 72.0 cm³/mol. The molecule has 4 heteroatoms. The van der Waals surface area contributed by atoms with E-state index in [9.17, 15) is 0 Å². The van der Waals surface area contributed by atoms with E-state index in [0.717, 1.165) is 30.8 Å². The van der Waals surface area contributed by atoms with Gasteiger partial charge in [0.25, 0.3) is 0 Å². The highest BCUT2D eigenvalue weighted by molar-refractivity contribution is 5.83. The molecule has 4 nitrogen and oxygen atoms in total. The van der Waals surface area contributed by atoms with Crippen LogP contribution in [-0.4, -0.2) is 23.2 Å². The van der Waals surface area contributed by atoms with Gasteiger partial charge in [0.1, 0.15) is 11.4 Å². The summed E-state index contributed by atoms with van der Waals surface area (Å²) in [7, 11) is 1.68. The maximum absolute atomic E-state index is 5.75. The first kappa shape index (κ1) is 11.5. The van der Waals surface area contributed by atoms with E-state index in [0.29, 0.717) is 6.54 Å². The monoisotopic (exact) mass is 245 g/mol. The zero-order valence-corrected chi connectivity index (χ0v) is 10.8. The third kappa shape index (κ3) is 1.68. The molecular formula is C14H19N3O. The molecule has 0 amide bonds. The molecule has 3 rings (SSSR count). The van der Waals surface area contributed by atoms with E-state index in [4.69, 9.17) is 10.5 Å². The fourth-order valence-electron chi connectivity index (χ4n) is 2.95. The van der Waals surface area contributed by atoms with Crippen LogP contribution in [0.2, 0.25) is 0 Å². The number of hydrogen-bond acceptors (Lipinski definition) is 3. The molecule has 0 unspecified atom stereocenters. The molecule has 1 aliphatic rings. The quantitative estimate of drug-likeness (QED) is 0.898. The number of methoxy groups -OCH3 is 1. The van der Waals surface area contributed by atoms with Crippen LogP contribution in [0.25, 0.3) is 11.0 Å². The second kappa shape index (κ2) is 4.61. The SMILES string of the molecule is COc1cnc2c(c1)c(CCN)c1n2CCCC1. The average Bonchev–Trinajstić information content (AvgIpc) is 2.73. The lowest BCUT2D eigenvalue weighted by Gasteiger charge is -2.16. The van der Waals surface area contributed by atoms with Crippen molar-refractivity contribution in [3.8, 4) is 5.75 Å². The smallest absolute Gasteiger partial charge is 0.140 e. The van der Waals surface area contributed by atoms with Crippen LogP contribution in [0.15, 0.2) is 12.3 Å². The van der Waals surface area contributed by atoms with Crippen molar-refractivity contribution in [2.24, 2.45) is 5.73 Å². The van der Waals surface area contributed by atoms with Gasteiger partial charge in [0.15, 0.2) is 0 Å². The molecule has 0 atom stereocenters. The Morgan fingerprint density at radius 3 is 3.11 bits per heavy atom. The topological polar surface area (TPSA) is 53.1 Å². The van der Waals surface area contributed by atoms with Crippen LogP contribution in [0.3, 0.4) is 0 Å². The Balaban J connectivity index is 2.25. The second-order valence-electron chi connectivity index (χ2n) is 4.82. The molecule has 0 fully saturated rings. The molecule has 18 heavy (non-hydrogen) atoms. The van der Waals surface area contributed by atoms with Crippen molar-refractivity contribution < 1.29 is 4.74 Å². The van der Waals surface area contributed by atoms with Crippen LogP contribution in [-0.2, 0) is 19.4 Å². The van der Waals surface area contributed by atoms with Crippen molar-refractivity contribution in [1.82, 2.24) is 9.55 Å². The summed E-state index contributed by atoms with van der Waals surface area (Å²) in [6.07, 6.45) is 6.38. The van der Waals surface area contributed by atoms with E-state index in [1.165, 1.54) is 29.5 Å². The lowest BCUT2D eigenvalue weighted by Crippen LogP contribution is -2.12. The Labute approximate surface area is 107 Å². The Morgan fingerprint density at radius 2 is 2.33 bits per heavy atom. The van der Waals surface area contributed by atoms with Crippen molar-refractivity contribution in [3.05, 3.63) is 23.5 Å². The Kier molecular flexibility index (Phi) is 2.96. The fraction of sp³-hybridized carbons (Fsp3) is 0.500. The van der Waals surface area contributed by atoms with Gasteiger partial charge in [-0.05, 0) is 43.9 Å². The van der Waals surface area contributed by atoms with Gasteiger partial charge in [0.2, 0.25) is 0 Å². The first-order valence-corrected chi connectivity index (χ1v) is 6.59. The largest absolute Gasteiger partial charge is 0.495 e. The van der Waals surface area contributed by atoms with Crippen LogP contribution in [0.5, 0.6) is 5.75 Å². The maximum Gasteiger partial charge on any atom is 0.140 e. The van der Waals surface area contributed by atoms with Gasteiger partial charge < -0.3 is 15.0 Å². The van der Waals surface area contributed by atoms with E-state index >= 15 is 0 Å². The van der Waals surface area contributed by atoms with Crippen LogP contribution >= 0.6 is 0 Å². The van der Waals surface area contributed by atoms with Gasteiger partial charge in [0.05, 0.1) is 13.3 Å². The molecule has 0 aliphatic carbocycles. The second-order valence-corrected chi connectivity index (χ2v) is 4.82. The maximum atomic E-state index is 5.75. The predicted octanol–water partition coefficient (Wildman–Crippen LogP) is 1.88. The molecule has 96 valence electrons. The van der Waals surface area contributed by atoms with E-state index < -0.39 is 0 Å². The van der Waals surface area contributed by atoms with Crippen LogP contribution in [0.4, 0.5) is 0 Å². The van der Waals surface area contributed by atoms with Gasteiger partial charge in [-0.3, -0.25) is 0 Å². The number of aromatic nitrogens is 2. The minimum absolute atomic E-state index is 0.684. The van der Waals surface area contributed by atoms with Gasteiger partial charge >= 0.3 is 0 Å². The first-order valence-electron chi connectivity index (χ1n) is 6.59. The summed E-state index contributed by atoms with van der Waals surface area (Å²) in [5, 5.41) is 1.22. The summed E-state index contributed by atoms with van der Waals surface area (Å²) in [4.78, 5) is 4.57. The van der Waals surface area contributed by atoms with E-state index in [1.807, 2.05) is 0 Å². The van der Waals surface area contributed by atoms with E-state index in [-0.39, 0.29) is 0 Å². The Morgan fingerprint density at radius 1 is 1.44 bits per heavy atom. The van der Waals surface area contributed by atoms with Crippen molar-refractivity contribution in [2.45, 2.75) is 32.2 Å². The van der Waals surface area contributed by atoms with Crippen LogP contribution < -0.4 is 10.5 Å². The highest BCUT2D eigenvalue weighted by atomic mass is 16.5.